The lowest BCUT2D eigenvalue weighted by molar-refractivity contribution is 0.669. The number of rotatable bonds is 11. The maximum Gasteiger partial charge on any atom is 0.161 e. The Morgan fingerprint density at radius 3 is 1.52 bits per heavy atom. The summed E-state index contributed by atoms with van der Waals surface area (Å²) in [5.41, 5.74) is 18.4. The smallest absolute Gasteiger partial charge is 0.161 e. The molecule has 92 heavy (non-hydrogen) atoms. The van der Waals surface area contributed by atoms with E-state index in [1.54, 1.807) is 0 Å². The number of hydrogen-bond donors (Lipinski definition) is 0. The van der Waals surface area contributed by atoms with Crippen molar-refractivity contribution in [2.24, 2.45) is 0 Å². The zero-order valence-electron chi connectivity index (χ0n) is 50.2. The predicted octanol–water partition coefficient (Wildman–Crippen LogP) is 22.8. The molecule has 0 atom stereocenters. The number of pyridine rings is 1. The number of benzene rings is 12. The van der Waals surface area contributed by atoms with Crippen LogP contribution >= 0.6 is 0 Å². The molecule has 0 N–H and O–H groups in total. The van der Waals surface area contributed by atoms with Gasteiger partial charge in [0.15, 0.2) is 5.82 Å². The Kier molecular flexibility index (Phi) is 12.3. The molecule has 0 radical (unpaired) electrons. The minimum Gasteiger partial charge on any atom is -0.455 e. The van der Waals surface area contributed by atoms with Gasteiger partial charge in [0.05, 0.1) is 28.5 Å². The Morgan fingerprint density at radius 2 is 0.859 bits per heavy atom. The molecule has 5 aromatic heterocycles. The van der Waals surface area contributed by atoms with Crippen molar-refractivity contribution in [2.75, 3.05) is 4.90 Å². The lowest BCUT2D eigenvalue weighted by Gasteiger charge is -2.28. The van der Waals surface area contributed by atoms with Crippen LogP contribution in [0.2, 0.25) is 0 Å². The third-order valence-electron chi connectivity index (χ3n) is 18.3. The van der Waals surface area contributed by atoms with Gasteiger partial charge >= 0.3 is 0 Å². The monoisotopic (exact) mass is 1180 g/mol. The number of nitrogens with zero attached hydrogens (tertiary/aromatic N) is 6. The highest BCUT2D eigenvalue weighted by Crippen LogP contribution is 2.52. The number of para-hydroxylation sites is 2. The summed E-state index contributed by atoms with van der Waals surface area (Å²) in [4.78, 5) is 28.1. The van der Waals surface area contributed by atoms with E-state index in [9.17, 15) is 0 Å². The van der Waals surface area contributed by atoms with Gasteiger partial charge in [0.25, 0.3) is 0 Å². The second kappa shape index (κ2) is 21.3. The van der Waals surface area contributed by atoms with Crippen molar-refractivity contribution in [3.63, 3.8) is 0 Å². The minimum absolute atomic E-state index is 0.107. The third-order valence-corrected chi connectivity index (χ3v) is 18.3. The van der Waals surface area contributed by atoms with Crippen molar-refractivity contribution in [2.45, 2.75) is 19.8 Å². The van der Waals surface area contributed by atoms with Gasteiger partial charge in [-0.25, -0.2) is 19.9 Å². The second-order valence-electron chi connectivity index (χ2n) is 24.0. The number of aromatic nitrogens is 5. The minimum atomic E-state index is 0.107. The fraction of sp³-hybridized carbons (Fsp3) is 0.0357. The normalized spacial score (nSPS) is 11.9. The molecule has 0 amide bonds. The highest BCUT2D eigenvalue weighted by Gasteiger charge is 2.28. The first-order chi connectivity index (χ1) is 45.5. The number of furan rings is 2. The summed E-state index contributed by atoms with van der Waals surface area (Å²) in [7, 11) is 0. The second-order valence-corrected chi connectivity index (χ2v) is 24.0. The quantitative estimate of drug-likeness (QED) is 0.118. The van der Waals surface area contributed by atoms with Crippen LogP contribution in [0.4, 0.5) is 17.1 Å². The average molecular weight is 1180 g/mol. The van der Waals surface area contributed by atoms with Gasteiger partial charge in [0.2, 0.25) is 0 Å². The van der Waals surface area contributed by atoms with Crippen molar-refractivity contribution in [3.05, 3.63) is 291 Å². The molecule has 8 heteroatoms. The summed E-state index contributed by atoms with van der Waals surface area (Å²) in [6.07, 6.45) is 5.67. The standard InChI is InChI=1S/C84H54N6O2/c1-50(2)83-86-42-39-70(88-83)66-37-35-65-69-48-58(90(57-26-10-5-11-27-57)73-33-19-18-30-61(73)52-22-8-4-9-23-52)49-75-78(69)79-64(34-36-67(82(79)92-75)71-40-43-87-84(89-71)76-62-31-14-12-24-53(62)44-54-25-13-15-32-63(54)76)68-45-56(47-74-77(68)80(65)81(66)91-74)72-46-55(38-41-85-72)60-29-17-16-28-59(60)51-20-6-3-7-21-51/h3-50H,1-2H3. The molecule has 432 valence electrons. The first kappa shape index (κ1) is 52.9. The van der Waals surface area contributed by atoms with Crippen molar-refractivity contribution >= 4 is 104 Å². The molecular formula is C84H54N6O2. The van der Waals surface area contributed by atoms with Gasteiger partial charge in [-0.2, -0.15) is 0 Å². The van der Waals surface area contributed by atoms with Gasteiger partial charge in [-0.3, -0.25) is 4.98 Å². The molecule has 13 aromatic carbocycles. The molecule has 18 aromatic rings. The Hall–Kier alpha value is -12.1. The van der Waals surface area contributed by atoms with Crippen LogP contribution in [0.3, 0.4) is 0 Å². The molecular weight excluding hydrogens is 1120 g/mol. The van der Waals surface area contributed by atoms with Crippen LogP contribution in [0.15, 0.2) is 294 Å². The summed E-state index contributed by atoms with van der Waals surface area (Å²) in [5.74, 6) is 1.50. The summed E-state index contributed by atoms with van der Waals surface area (Å²) in [6, 6.07) is 94.6. The predicted molar refractivity (Wildman–Crippen MR) is 378 cm³/mol. The van der Waals surface area contributed by atoms with Gasteiger partial charge in [-0.1, -0.05) is 196 Å². The number of fused-ring (bicyclic) bond motifs is 4. The summed E-state index contributed by atoms with van der Waals surface area (Å²) in [6.45, 7) is 4.25. The SMILES string of the molecule is CC(C)c1nccc(-c2ccc3c4cc(N(c5ccccc5)c5ccccc5-c5ccccc5)cc5oc6c(-c7ccnc(-c8c9ccccc9cc9ccccc89)n7)ccc(c7cc(-c8cc(-c9ccccc9-c9ccccc9)ccn8)cc8oc2c3c87)c6c54)n1. The first-order valence-corrected chi connectivity index (χ1v) is 31.2. The summed E-state index contributed by atoms with van der Waals surface area (Å²) >= 11 is 0. The lowest BCUT2D eigenvalue weighted by atomic mass is 9.90. The number of hydrogen-bond acceptors (Lipinski definition) is 8. The van der Waals surface area contributed by atoms with Crippen LogP contribution in [0, 0.1) is 0 Å². The van der Waals surface area contributed by atoms with E-state index in [2.05, 4.69) is 274 Å². The first-order valence-electron chi connectivity index (χ1n) is 31.2. The van der Waals surface area contributed by atoms with E-state index in [0.717, 1.165) is 171 Å². The zero-order chi connectivity index (χ0) is 61.0. The van der Waals surface area contributed by atoms with Crippen LogP contribution in [-0.4, -0.2) is 24.9 Å². The van der Waals surface area contributed by atoms with Gasteiger partial charge in [0.1, 0.15) is 28.2 Å². The van der Waals surface area contributed by atoms with E-state index in [1.165, 1.54) is 0 Å². The number of anilines is 3. The fourth-order valence-corrected chi connectivity index (χ4v) is 14.1. The van der Waals surface area contributed by atoms with Crippen molar-refractivity contribution in [1.82, 2.24) is 24.9 Å². The Balaban J connectivity index is 0.965. The highest BCUT2D eigenvalue weighted by atomic mass is 16.3. The molecule has 0 fully saturated rings. The molecule has 0 saturated heterocycles. The van der Waals surface area contributed by atoms with E-state index in [1.807, 2.05) is 30.7 Å². The van der Waals surface area contributed by atoms with Gasteiger partial charge in [-0.05, 0) is 150 Å². The average Bonchev–Trinajstić information content (AvgIpc) is 1.51. The van der Waals surface area contributed by atoms with E-state index < -0.39 is 0 Å². The van der Waals surface area contributed by atoms with Crippen LogP contribution in [0.5, 0.6) is 0 Å². The van der Waals surface area contributed by atoms with Crippen molar-refractivity contribution < 1.29 is 8.83 Å². The summed E-state index contributed by atoms with van der Waals surface area (Å²) in [5, 5.41) is 12.3. The topological polar surface area (TPSA) is 94.0 Å². The highest BCUT2D eigenvalue weighted by molar-refractivity contribution is 6.38. The van der Waals surface area contributed by atoms with Crippen molar-refractivity contribution in [1.29, 1.82) is 0 Å². The summed E-state index contributed by atoms with van der Waals surface area (Å²) < 4.78 is 15.2. The molecule has 0 aliphatic carbocycles. The lowest BCUT2D eigenvalue weighted by Crippen LogP contribution is -2.11. The van der Waals surface area contributed by atoms with Gasteiger partial charge in [0, 0.05) is 85.6 Å². The molecule has 0 saturated carbocycles. The molecule has 8 nitrogen and oxygen atoms in total. The van der Waals surface area contributed by atoms with Crippen LogP contribution < -0.4 is 4.90 Å². The Bertz CT molecular complexity index is 5880. The Morgan fingerprint density at radius 1 is 0.326 bits per heavy atom. The fourth-order valence-electron chi connectivity index (χ4n) is 14.1. The maximum atomic E-state index is 7.70. The van der Waals surface area contributed by atoms with E-state index in [-0.39, 0.29) is 5.92 Å². The molecule has 5 heterocycles. The molecule has 0 unspecified atom stereocenters. The van der Waals surface area contributed by atoms with Gasteiger partial charge in [-0.15, -0.1) is 0 Å². The molecule has 0 bridgehead atoms. The van der Waals surface area contributed by atoms with Crippen molar-refractivity contribution in [3.8, 4) is 78.5 Å². The Labute approximate surface area is 529 Å². The molecule has 18 rings (SSSR count). The maximum absolute atomic E-state index is 7.70. The van der Waals surface area contributed by atoms with Crippen LogP contribution in [-0.2, 0) is 0 Å². The van der Waals surface area contributed by atoms with Crippen LogP contribution in [0.25, 0.3) is 166 Å². The largest absolute Gasteiger partial charge is 0.455 e. The molecule has 0 aliphatic rings. The third kappa shape index (κ3) is 8.56. The van der Waals surface area contributed by atoms with Crippen LogP contribution in [0.1, 0.15) is 25.6 Å². The molecule has 0 spiro atoms. The molecule has 0 aliphatic heterocycles. The van der Waals surface area contributed by atoms with E-state index >= 15 is 0 Å². The van der Waals surface area contributed by atoms with E-state index in [0.29, 0.717) is 17.0 Å². The van der Waals surface area contributed by atoms with E-state index in [4.69, 9.17) is 33.8 Å². The van der Waals surface area contributed by atoms with Gasteiger partial charge < -0.3 is 13.7 Å². The zero-order valence-corrected chi connectivity index (χ0v) is 50.2.